The number of hydrogen-bond donors (Lipinski definition) is 2. The third-order valence-corrected chi connectivity index (χ3v) is 6.78. The number of nitrogens with zero attached hydrogens (tertiary/aromatic N) is 1. The van der Waals surface area contributed by atoms with Gasteiger partial charge in [0.15, 0.2) is 0 Å². The van der Waals surface area contributed by atoms with Crippen LogP contribution in [-0.4, -0.2) is 68.5 Å². The smallest absolute Gasteiger partial charge is 0.268 e. The van der Waals surface area contributed by atoms with Crippen molar-refractivity contribution in [1.29, 1.82) is 0 Å². The van der Waals surface area contributed by atoms with Gasteiger partial charge < -0.3 is 28.8 Å². The summed E-state index contributed by atoms with van der Waals surface area (Å²) in [4.78, 5) is 23.9. The number of aliphatic hydroxyl groups excluding tert-OH is 1. The van der Waals surface area contributed by atoms with Gasteiger partial charge in [0.2, 0.25) is 5.91 Å². The molecule has 0 aromatic heterocycles. The normalized spacial score (nSPS) is 15.7. The lowest BCUT2D eigenvalue weighted by atomic mass is 10.0. The Balaban J connectivity index is 4.27. The molecule has 0 aliphatic rings. The molecule has 0 aliphatic carbocycles. The van der Waals surface area contributed by atoms with Crippen LogP contribution in [-0.2, 0) is 18.4 Å². The molecule has 1 amide bonds. The van der Waals surface area contributed by atoms with E-state index in [2.05, 4.69) is 12.2 Å². The van der Waals surface area contributed by atoms with Crippen LogP contribution in [0.15, 0.2) is 12.2 Å². The number of amides is 1. The lowest BCUT2D eigenvalue weighted by Crippen LogP contribution is -2.45. The molecule has 0 aromatic rings. The van der Waals surface area contributed by atoms with E-state index in [1.807, 2.05) is 27.2 Å². The number of allylic oxidation sites excluding steroid dienone is 1. The van der Waals surface area contributed by atoms with E-state index in [1.165, 1.54) is 57.8 Å². The average molecular weight is 521 g/mol. The summed E-state index contributed by atoms with van der Waals surface area (Å²) < 4.78 is 22.5. The molecule has 0 radical (unpaired) electrons. The monoisotopic (exact) mass is 520 g/mol. The van der Waals surface area contributed by atoms with Gasteiger partial charge in [-0.05, 0) is 12.8 Å². The molecule has 0 fully saturated rings. The van der Waals surface area contributed by atoms with Gasteiger partial charge in [-0.25, -0.2) is 0 Å². The highest BCUT2D eigenvalue weighted by Crippen LogP contribution is 2.38. The Morgan fingerprint density at radius 3 is 2.03 bits per heavy atom. The molecule has 9 heteroatoms. The number of rotatable bonds is 23. The van der Waals surface area contributed by atoms with E-state index >= 15 is 0 Å². The van der Waals surface area contributed by atoms with E-state index in [9.17, 15) is 19.4 Å². The number of phosphoric acid groups is 1. The standard InChI is InChI=1S/C26H53N2O6P/c1-6-8-9-10-11-12-13-14-15-16-17-18-19-20-25(29)24(27-26(30)7-2)23-34-35(31,32)33-22-21-28(3,4)5/h19-20,24-25,29H,6-18,21-23H2,1-5H3,(H-,27,30,31,32)/b20-19+. The molecule has 0 saturated heterocycles. The molecular weight excluding hydrogens is 467 g/mol. The van der Waals surface area contributed by atoms with E-state index in [0.29, 0.717) is 11.0 Å². The third-order valence-electron chi connectivity index (χ3n) is 5.81. The largest absolute Gasteiger partial charge is 0.756 e. The molecule has 8 nitrogen and oxygen atoms in total. The average Bonchev–Trinajstić information content (AvgIpc) is 2.78. The Morgan fingerprint density at radius 2 is 1.51 bits per heavy atom. The summed E-state index contributed by atoms with van der Waals surface area (Å²) in [6, 6.07) is -0.875. The number of hydrogen-bond acceptors (Lipinski definition) is 6. The maximum Gasteiger partial charge on any atom is 0.268 e. The summed E-state index contributed by atoms with van der Waals surface area (Å²) in [5, 5.41) is 13.1. The minimum absolute atomic E-state index is 0.00230. The van der Waals surface area contributed by atoms with E-state index in [1.54, 1.807) is 13.0 Å². The van der Waals surface area contributed by atoms with Gasteiger partial charge >= 0.3 is 0 Å². The number of quaternary nitrogens is 1. The Hall–Kier alpha value is -0.760. The van der Waals surface area contributed by atoms with E-state index < -0.39 is 20.0 Å². The van der Waals surface area contributed by atoms with Crippen LogP contribution in [0.1, 0.15) is 97.3 Å². The van der Waals surface area contributed by atoms with Crippen molar-refractivity contribution in [2.24, 2.45) is 0 Å². The maximum atomic E-state index is 12.0. The molecule has 208 valence electrons. The van der Waals surface area contributed by atoms with Crippen molar-refractivity contribution >= 4 is 13.7 Å². The summed E-state index contributed by atoms with van der Waals surface area (Å²) in [5.41, 5.74) is 0. The van der Waals surface area contributed by atoms with Gasteiger partial charge in [0.05, 0.1) is 39.9 Å². The highest BCUT2D eigenvalue weighted by Gasteiger charge is 2.22. The van der Waals surface area contributed by atoms with Crippen LogP contribution in [0.4, 0.5) is 0 Å². The highest BCUT2D eigenvalue weighted by atomic mass is 31.2. The number of aliphatic hydroxyl groups is 1. The van der Waals surface area contributed by atoms with Gasteiger partial charge in [-0.1, -0.05) is 90.2 Å². The topological polar surface area (TPSA) is 108 Å². The number of carbonyl (C=O) groups excluding carboxylic acids is 1. The number of likely N-dealkylation sites (N-methyl/N-ethyl adjacent to an activating group) is 1. The number of unbranched alkanes of at least 4 members (excludes halogenated alkanes) is 11. The van der Waals surface area contributed by atoms with Gasteiger partial charge in [-0.2, -0.15) is 0 Å². The molecule has 0 aliphatic heterocycles. The SMILES string of the molecule is CCCCCCCCCCCCC/C=C/C(O)C(COP(=O)([O-])OCC[N+](C)(C)C)NC(=O)CC. The highest BCUT2D eigenvalue weighted by molar-refractivity contribution is 7.45. The first kappa shape index (κ1) is 34.2. The molecule has 0 aromatic carbocycles. The second-order valence-electron chi connectivity index (χ2n) is 10.4. The first-order valence-electron chi connectivity index (χ1n) is 13.6. The molecule has 0 rings (SSSR count). The molecule has 0 spiro atoms. The number of phosphoric ester groups is 1. The van der Waals surface area contributed by atoms with Crippen molar-refractivity contribution in [3.8, 4) is 0 Å². The van der Waals surface area contributed by atoms with Crippen molar-refractivity contribution in [3.63, 3.8) is 0 Å². The molecule has 0 heterocycles. The number of carbonyl (C=O) groups is 1. The van der Waals surface area contributed by atoms with Crippen molar-refractivity contribution in [2.45, 2.75) is 109 Å². The van der Waals surface area contributed by atoms with Gasteiger partial charge in [0.25, 0.3) is 7.82 Å². The minimum Gasteiger partial charge on any atom is -0.756 e. The first-order chi connectivity index (χ1) is 16.5. The predicted octanol–water partition coefficient (Wildman–Crippen LogP) is 4.71. The van der Waals surface area contributed by atoms with Crippen LogP contribution in [0.2, 0.25) is 0 Å². The zero-order valence-corrected chi connectivity index (χ0v) is 23.9. The van der Waals surface area contributed by atoms with Crippen molar-refractivity contribution in [1.82, 2.24) is 5.32 Å². The van der Waals surface area contributed by atoms with Crippen LogP contribution in [0, 0.1) is 0 Å². The third kappa shape index (κ3) is 22.2. The quantitative estimate of drug-likeness (QED) is 0.0875. The maximum absolute atomic E-state index is 12.0. The van der Waals surface area contributed by atoms with Crippen molar-refractivity contribution in [2.75, 3.05) is 40.9 Å². The summed E-state index contributed by atoms with van der Waals surface area (Å²) in [6.45, 7) is 4.04. The van der Waals surface area contributed by atoms with Crippen molar-refractivity contribution < 1.29 is 32.9 Å². The van der Waals surface area contributed by atoms with Crippen LogP contribution in [0.25, 0.3) is 0 Å². The van der Waals surface area contributed by atoms with Crippen LogP contribution >= 0.6 is 7.82 Å². The van der Waals surface area contributed by atoms with Crippen LogP contribution in [0.3, 0.4) is 0 Å². The lowest BCUT2D eigenvalue weighted by molar-refractivity contribution is -0.870. The molecule has 0 bridgehead atoms. The zero-order valence-electron chi connectivity index (χ0n) is 23.0. The van der Waals surface area contributed by atoms with Gasteiger partial charge in [0.1, 0.15) is 13.2 Å². The van der Waals surface area contributed by atoms with Crippen molar-refractivity contribution in [3.05, 3.63) is 12.2 Å². The summed E-state index contributed by atoms with van der Waals surface area (Å²) >= 11 is 0. The molecule has 0 saturated carbocycles. The summed E-state index contributed by atoms with van der Waals surface area (Å²) in [6.07, 6.45) is 17.5. The number of nitrogens with one attached hydrogen (secondary N) is 1. The Labute approximate surface area is 214 Å². The molecule has 2 N–H and O–H groups in total. The fourth-order valence-electron chi connectivity index (χ4n) is 3.47. The fraction of sp³-hybridized carbons (Fsp3) is 0.885. The molecule has 3 atom stereocenters. The van der Waals surface area contributed by atoms with E-state index in [-0.39, 0.29) is 25.5 Å². The second-order valence-corrected chi connectivity index (χ2v) is 11.8. The van der Waals surface area contributed by atoms with Gasteiger partial charge in [0, 0.05) is 6.42 Å². The molecule has 3 unspecified atom stereocenters. The van der Waals surface area contributed by atoms with Gasteiger partial charge in [-0.3, -0.25) is 9.36 Å². The first-order valence-corrected chi connectivity index (χ1v) is 15.0. The van der Waals surface area contributed by atoms with E-state index in [0.717, 1.165) is 19.3 Å². The minimum atomic E-state index is -4.53. The summed E-state index contributed by atoms with van der Waals surface area (Å²) in [5.74, 6) is -0.289. The summed E-state index contributed by atoms with van der Waals surface area (Å²) in [7, 11) is 1.25. The Bertz CT molecular complexity index is 609. The Kier molecular flexibility index (Phi) is 19.9. The van der Waals surface area contributed by atoms with E-state index in [4.69, 9.17) is 9.05 Å². The molecular formula is C26H53N2O6P. The van der Waals surface area contributed by atoms with Crippen LogP contribution in [0.5, 0.6) is 0 Å². The lowest BCUT2D eigenvalue weighted by Gasteiger charge is -2.29. The zero-order chi connectivity index (χ0) is 26.6. The van der Waals surface area contributed by atoms with Gasteiger partial charge in [-0.15, -0.1) is 0 Å². The van der Waals surface area contributed by atoms with Crippen LogP contribution < -0.4 is 10.2 Å². The molecule has 35 heavy (non-hydrogen) atoms. The second kappa shape index (κ2) is 20.3. The fourth-order valence-corrected chi connectivity index (χ4v) is 4.19. The Morgan fingerprint density at radius 1 is 0.971 bits per heavy atom. The predicted molar refractivity (Wildman–Crippen MR) is 141 cm³/mol.